The number of carbonyl (C=O) groups excluding carboxylic acids is 1. The Labute approximate surface area is 81.0 Å². The summed E-state index contributed by atoms with van der Waals surface area (Å²) in [4.78, 5) is 11.2. The van der Waals surface area contributed by atoms with Crippen LogP contribution in [0.3, 0.4) is 0 Å². The van der Waals surface area contributed by atoms with Gasteiger partial charge in [0.25, 0.3) is 0 Å². The van der Waals surface area contributed by atoms with Gasteiger partial charge >= 0.3 is 5.97 Å². The Bertz CT molecular complexity index is 183. The zero-order valence-electron chi connectivity index (χ0n) is 9.09. The largest absolute Gasteiger partial charge is 0.469 e. The van der Waals surface area contributed by atoms with Gasteiger partial charge in [0, 0.05) is 0 Å². The molecule has 0 aliphatic rings. The lowest BCUT2D eigenvalue weighted by atomic mass is 10.0. The van der Waals surface area contributed by atoms with Crippen LogP contribution in [0.25, 0.3) is 0 Å². The van der Waals surface area contributed by atoms with E-state index < -0.39 is 0 Å². The number of rotatable bonds is 5. The molecule has 2 heteroatoms. The molecule has 0 rings (SSSR count). The molecule has 13 heavy (non-hydrogen) atoms. The fraction of sp³-hybridized carbons (Fsp3) is 0.727. The second kappa shape index (κ2) is 6.70. The Hall–Kier alpha value is -0.790. The van der Waals surface area contributed by atoms with E-state index in [9.17, 15) is 4.79 Å². The molecule has 0 aliphatic carbocycles. The van der Waals surface area contributed by atoms with Gasteiger partial charge in [-0.2, -0.15) is 0 Å². The summed E-state index contributed by atoms with van der Waals surface area (Å²) >= 11 is 0. The zero-order valence-corrected chi connectivity index (χ0v) is 9.09. The number of methoxy groups -OCH3 is 1. The Kier molecular flexibility index (Phi) is 6.29. The summed E-state index contributed by atoms with van der Waals surface area (Å²) in [7, 11) is 1.44. The number of hydrogen-bond donors (Lipinski definition) is 0. The summed E-state index contributed by atoms with van der Waals surface area (Å²) in [6, 6.07) is 0. The van der Waals surface area contributed by atoms with Crippen molar-refractivity contribution in [3.63, 3.8) is 0 Å². The minimum atomic E-state index is -0.127. The molecule has 0 amide bonds. The van der Waals surface area contributed by atoms with Gasteiger partial charge in [-0.05, 0) is 19.8 Å². The number of ether oxygens (including phenoxy) is 1. The molecule has 76 valence electrons. The average molecular weight is 184 g/mol. The second-order valence-corrected chi connectivity index (χ2v) is 3.30. The van der Waals surface area contributed by atoms with Crippen molar-refractivity contribution in [1.29, 1.82) is 0 Å². The molecule has 0 fully saturated rings. The first kappa shape index (κ1) is 12.2. The minimum Gasteiger partial charge on any atom is -0.469 e. The van der Waals surface area contributed by atoms with Crippen molar-refractivity contribution < 1.29 is 9.53 Å². The molecule has 0 N–H and O–H groups in total. The zero-order chi connectivity index (χ0) is 10.3. The van der Waals surface area contributed by atoms with Crippen molar-refractivity contribution in [3.05, 3.63) is 11.6 Å². The molecule has 2 nitrogen and oxygen atoms in total. The highest BCUT2D eigenvalue weighted by Gasteiger charge is 2.13. The molecule has 0 aromatic carbocycles. The maximum absolute atomic E-state index is 11.2. The molecule has 0 aromatic heterocycles. The van der Waals surface area contributed by atoms with Gasteiger partial charge in [-0.25, -0.2) is 0 Å². The fourth-order valence-corrected chi connectivity index (χ4v) is 1.33. The van der Waals surface area contributed by atoms with E-state index in [1.54, 1.807) is 0 Å². The van der Waals surface area contributed by atoms with Crippen LogP contribution in [-0.4, -0.2) is 13.1 Å². The van der Waals surface area contributed by atoms with E-state index in [-0.39, 0.29) is 11.9 Å². The Morgan fingerprint density at radius 1 is 1.46 bits per heavy atom. The highest BCUT2D eigenvalue weighted by molar-refractivity contribution is 5.74. The molecule has 0 saturated heterocycles. The van der Waals surface area contributed by atoms with Gasteiger partial charge in [-0.3, -0.25) is 4.79 Å². The van der Waals surface area contributed by atoms with Crippen molar-refractivity contribution in [1.82, 2.24) is 0 Å². The highest BCUT2D eigenvalue weighted by atomic mass is 16.5. The molecule has 0 aromatic rings. The van der Waals surface area contributed by atoms with Gasteiger partial charge in [0.15, 0.2) is 0 Å². The third-order valence-corrected chi connectivity index (χ3v) is 2.07. The summed E-state index contributed by atoms with van der Waals surface area (Å²) in [5.74, 6) is -0.186. The fourth-order valence-electron chi connectivity index (χ4n) is 1.33. The number of esters is 1. The topological polar surface area (TPSA) is 26.3 Å². The normalized spacial score (nSPS) is 14.0. The van der Waals surface area contributed by atoms with Crippen LogP contribution in [0.5, 0.6) is 0 Å². The van der Waals surface area contributed by atoms with Crippen LogP contribution in [0.2, 0.25) is 0 Å². The maximum atomic E-state index is 11.2. The van der Waals surface area contributed by atoms with E-state index in [0.29, 0.717) is 0 Å². The van der Waals surface area contributed by atoms with Crippen molar-refractivity contribution in [2.75, 3.05) is 7.11 Å². The molecule has 0 heterocycles. The first-order valence-corrected chi connectivity index (χ1v) is 4.90. The summed E-state index contributed by atoms with van der Waals surface area (Å²) in [5, 5.41) is 0. The van der Waals surface area contributed by atoms with Crippen LogP contribution < -0.4 is 0 Å². The summed E-state index contributed by atoms with van der Waals surface area (Å²) < 4.78 is 4.70. The monoisotopic (exact) mass is 184 g/mol. The smallest absolute Gasteiger partial charge is 0.312 e. The molecular formula is C11H20O2. The van der Waals surface area contributed by atoms with Crippen LogP contribution >= 0.6 is 0 Å². The lowest BCUT2D eigenvalue weighted by Crippen LogP contribution is -2.13. The minimum absolute atomic E-state index is 0.0588. The van der Waals surface area contributed by atoms with Crippen molar-refractivity contribution in [2.24, 2.45) is 5.92 Å². The second-order valence-electron chi connectivity index (χ2n) is 3.30. The molecular weight excluding hydrogens is 164 g/mol. The van der Waals surface area contributed by atoms with Gasteiger partial charge < -0.3 is 4.74 Å². The highest BCUT2D eigenvalue weighted by Crippen LogP contribution is 2.12. The van der Waals surface area contributed by atoms with E-state index in [1.807, 2.05) is 13.0 Å². The SMILES string of the molecule is CCC/C(C)=C/[C@@H](CC)C(=O)OC. The molecule has 1 atom stereocenters. The first-order valence-electron chi connectivity index (χ1n) is 4.90. The van der Waals surface area contributed by atoms with E-state index in [1.165, 1.54) is 12.7 Å². The first-order chi connectivity index (χ1) is 6.15. The van der Waals surface area contributed by atoms with Gasteiger partial charge in [0.2, 0.25) is 0 Å². The van der Waals surface area contributed by atoms with Gasteiger partial charge in [0.05, 0.1) is 13.0 Å². The summed E-state index contributed by atoms with van der Waals surface area (Å²) in [6.45, 7) is 6.20. The van der Waals surface area contributed by atoms with Crippen LogP contribution in [-0.2, 0) is 9.53 Å². The Morgan fingerprint density at radius 3 is 2.46 bits per heavy atom. The predicted octanol–water partition coefficient (Wildman–Crippen LogP) is 2.93. The molecule has 0 radical (unpaired) electrons. The van der Waals surface area contributed by atoms with Gasteiger partial charge in [-0.15, -0.1) is 0 Å². The number of hydrogen-bond acceptors (Lipinski definition) is 2. The summed E-state index contributed by atoms with van der Waals surface area (Å²) in [5.41, 5.74) is 1.28. The van der Waals surface area contributed by atoms with Gasteiger partial charge in [0.1, 0.15) is 0 Å². The lowest BCUT2D eigenvalue weighted by Gasteiger charge is -2.08. The van der Waals surface area contributed by atoms with Crippen LogP contribution in [0.15, 0.2) is 11.6 Å². The molecule has 0 spiro atoms. The van der Waals surface area contributed by atoms with Crippen LogP contribution in [0, 0.1) is 5.92 Å². The quantitative estimate of drug-likeness (QED) is 0.485. The standard InChI is InChI=1S/C11H20O2/c1-5-7-9(3)8-10(6-2)11(12)13-4/h8,10H,5-7H2,1-4H3/b9-8+/t10-/m1/s1. The van der Waals surface area contributed by atoms with Crippen molar-refractivity contribution in [2.45, 2.75) is 40.0 Å². The molecule has 0 aliphatic heterocycles. The molecule has 0 bridgehead atoms. The van der Waals surface area contributed by atoms with Crippen molar-refractivity contribution >= 4 is 5.97 Å². The summed E-state index contributed by atoms with van der Waals surface area (Å²) in [6.07, 6.45) is 5.02. The van der Waals surface area contributed by atoms with E-state index in [4.69, 9.17) is 4.74 Å². The third-order valence-electron chi connectivity index (χ3n) is 2.07. The number of carbonyl (C=O) groups is 1. The molecule has 0 unspecified atom stereocenters. The van der Waals surface area contributed by atoms with Crippen LogP contribution in [0.1, 0.15) is 40.0 Å². The van der Waals surface area contributed by atoms with E-state index in [2.05, 4.69) is 13.8 Å². The maximum Gasteiger partial charge on any atom is 0.312 e. The lowest BCUT2D eigenvalue weighted by molar-refractivity contribution is -0.143. The van der Waals surface area contributed by atoms with Gasteiger partial charge in [-0.1, -0.05) is 31.9 Å². The Balaban J connectivity index is 4.25. The van der Waals surface area contributed by atoms with E-state index >= 15 is 0 Å². The predicted molar refractivity (Wildman–Crippen MR) is 54.5 cm³/mol. The Morgan fingerprint density at radius 2 is 2.08 bits per heavy atom. The molecule has 0 saturated carbocycles. The average Bonchev–Trinajstić information content (AvgIpc) is 2.13. The van der Waals surface area contributed by atoms with Crippen LogP contribution in [0.4, 0.5) is 0 Å². The van der Waals surface area contributed by atoms with Crippen molar-refractivity contribution in [3.8, 4) is 0 Å². The third kappa shape index (κ3) is 4.71. The number of allylic oxidation sites excluding steroid dienone is 1. The van der Waals surface area contributed by atoms with E-state index in [0.717, 1.165) is 19.3 Å².